The quantitative estimate of drug-likeness (QED) is 0.470. The highest BCUT2D eigenvalue weighted by Gasteiger charge is 2.31. The highest BCUT2D eigenvalue weighted by atomic mass is 32.2. The number of rotatable bonds is 7. The van der Waals surface area contributed by atoms with Gasteiger partial charge in [-0.25, -0.2) is 0 Å². The number of thioether (sulfide) groups is 1. The molecule has 4 rings (SSSR count). The molecule has 1 N–H and O–H groups in total. The minimum atomic E-state index is -0.404. The van der Waals surface area contributed by atoms with Crippen LogP contribution in [0.5, 0.6) is 0 Å². The van der Waals surface area contributed by atoms with Crippen LogP contribution in [0.1, 0.15) is 43.1 Å². The van der Waals surface area contributed by atoms with Crippen LogP contribution in [0.2, 0.25) is 0 Å². The maximum atomic E-state index is 12.8. The van der Waals surface area contributed by atoms with Crippen molar-refractivity contribution in [2.24, 2.45) is 0 Å². The molecule has 0 saturated heterocycles. The number of Topliss-reactive ketones (excluding diaryl/α,β-unsaturated/α-hetero) is 1. The van der Waals surface area contributed by atoms with Gasteiger partial charge in [0.15, 0.2) is 16.8 Å². The molecule has 3 aromatic rings. The van der Waals surface area contributed by atoms with E-state index in [1.54, 1.807) is 36.7 Å². The molecule has 1 atom stereocenters. The van der Waals surface area contributed by atoms with Crippen molar-refractivity contribution in [1.82, 2.24) is 19.7 Å². The molecule has 0 radical (unpaired) electrons. The Kier molecular flexibility index (Phi) is 5.44. The summed E-state index contributed by atoms with van der Waals surface area (Å²) in [6, 6.07) is 11.2. The second kappa shape index (κ2) is 8.16. The van der Waals surface area contributed by atoms with Crippen molar-refractivity contribution in [2.45, 2.75) is 43.1 Å². The summed E-state index contributed by atoms with van der Waals surface area (Å²) in [5, 5.41) is 11.9. The minimum Gasteiger partial charge on any atom is -0.324 e. The molecule has 1 aliphatic carbocycles. The Balaban J connectivity index is 1.53. The van der Waals surface area contributed by atoms with E-state index in [-0.39, 0.29) is 11.7 Å². The number of ketones is 1. The van der Waals surface area contributed by atoms with E-state index in [0.717, 1.165) is 24.2 Å². The van der Waals surface area contributed by atoms with Gasteiger partial charge < -0.3 is 5.32 Å². The van der Waals surface area contributed by atoms with E-state index in [9.17, 15) is 9.59 Å². The largest absolute Gasteiger partial charge is 0.324 e. The Morgan fingerprint density at radius 1 is 1.17 bits per heavy atom. The Hall–Kier alpha value is -3.00. The van der Waals surface area contributed by atoms with Crippen LogP contribution in [0.4, 0.5) is 5.69 Å². The highest BCUT2D eigenvalue weighted by Crippen LogP contribution is 2.41. The van der Waals surface area contributed by atoms with Crippen LogP contribution < -0.4 is 5.32 Å². The number of carbonyl (C=O) groups excluding carboxylic acids is 2. The summed E-state index contributed by atoms with van der Waals surface area (Å²) in [6.45, 7) is 3.31. The van der Waals surface area contributed by atoms with Gasteiger partial charge in [0.1, 0.15) is 0 Å². The minimum absolute atomic E-state index is 0.0872. The van der Waals surface area contributed by atoms with Crippen molar-refractivity contribution in [2.75, 3.05) is 5.32 Å². The number of hydrogen-bond acceptors (Lipinski definition) is 6. The zero-order valence-electron chi connectivity index (χ0n) is 16.2. The first-order chi connectivity index (χ1) is 14.0. The van der Waals surface area contributed by atoms with Crippen molar-refractivity contribution in [1.29, 1.82) is 0 Å². The van der Waals surface area contributed by atoms with Gasteiger partial charge in [0.25, 0.3) is 0 Å². The van der Waals surface area contributed by atoms with Crippen molar-refractivity contribution in [3.8, 4) is 11.4 Å². The highest BCUT2D eigenvalue weighted by molar-refractivity contribution is 8.00. The Labute approximate surface area is 173 Å². The fraction of sp³-hybridized carbons (Fsp3) is 0.286. The molecule has 148 valence electrons. The summed E-state index contributed by atoms with van der Waals surface area (Å²) in [6.07, 6.45) is 5.64. The van der Waals surface area contributed by atoms with Gasteiger partial charge in [-0.15, -0.1) is 10.2 Å². The number of amides is 1. The summed E-state index contributed by atoms with van der Waals surface area (Å²) in [4.78, 5) is 28.7. The molecule has 8 heteroatoms. The third-order valence-electron chi connectivity index (χ3n) is 4.71. The van der Waals surface area contributed by atoms with Gasteiger partial charge in [0.2, 0.25) is 5.91 Å². The number of hydrogen-bond donors (Lipinski definition) is 1. The van der Waals surface area contributed by atoms with Gasteiger partial charge in [-0.3, -0.25) is 19.1 Å². The molecule has 1 fully saturated rings. The van der Waals surface area contributed by atoms with Gasteiger partial charge in [0.05, 0.1) is 10.9 Å². The van der Waals surface area contributed by atoms with E-state index < -0.39 is 5.25 Å². The van der Waals surface area contributed by atoms with Crippen LogP contribution in [0, 0.1) is 0 Å². The molecule has 1 aliphatic rings. The van der Waals surface area contributed by atoms with Gasteiger partial charge in [0, 0.05) is 29.6 Å². The summed E-state index contributed by atoms with van der Waals surface area (Å²) >= 11 is 1.37. The standard InChI is InChI=1S/C21H21N5O2S/c1-13(27)17-7-3-4-8-18(17)23-20(28)14(2)29-21-25-24-19(26(21)16-9-10-16)15-6-5-11-22-12-15/h3-8,11-12,14,16H,9-10H2,1-2H3,(H,23,28)/t14-/m0/s1. The first-order valence-corrected chi connectivity index (χ1v) is 10.4. The van der Waals surface area contributed by atoms with Crippen LogP contribution in [0.3, 0.4) is 0 Å². The molecule has 0 bridgehead atoms. The number of pyridine rings is 1. The van der Waals surface area contributed by atoms with E-state index in [1.807, 2.05) is 19.1 Å². The normalized spacial score (nSPS) is 14.4. The smallest absolute Gasteiger partial charge is 0.237 e. The SMILES string of the molecule is CC(=O)c1ccccc1NC(=O)[C@H](C)Sc1nnc(-c2cccnc2)n1C1CC1. The van der Waals surface area contributed by atoms with Gasteiger partial charge in [-0.1, -0.05) is 23.9 Å². The third-order valence-corrected chi connectivity index (χ3v) is 5.77. The van der Waals surface area contributed by atoms with E-state index in [2.05, 4.69) is 25.1 Å². The van der Waals surface area contributed by atoms with Crippen LogP contribution >= 0.6 is 11.8 Å². The Bertz CT molecular complexity index is 1050. The van der Waals surface area contributed by atoms with Gasteiger partial charge in [-0.2, -0.15) is 0 Å². The fourth-order valence-corrected chi connectivity index (χ4v) is 3.98. The number of nitrogens with zero attached hydrogens (tertiary/aromatic N) is 4. The number of nitrogens with one attached hydrogen (secondary N) is 1. The summed E-state index contributed by atoms with van der Waals surface area (Å²) in [5.41, 5.74) is 1.93. The lowest BCUT2D eigenvalue weighted by atomic mass is 10.1. The number of carbonyl (C=O) groups is 2. The zero-order valence-corrected chi connectivity index (χ0v) is 17.0. The molecule has 1 amide bonds. The molecule has 0 aliphatic heterocycles. The average Bonchev–Trinajstić information content (AvgIpc) is 3.48. The van der Waals surface area contributed by atoms with E-state index >= 15 is 0 Å². The predicted molar refractivity (Wildman–Crippen MR) is 112 cm³/mol. The first kappa shape index (κ1) is 19.3. The molecule has 0 unspecified atom stereocenters. The lowest BCUT2D eigenvalue weighted by molar-refractivity contribution is -0.115. The van der Waals surface area contributed by atoms with E-state index in [0.29, 0.717) is 22.4 Å². The molecule has 2 aromatic heterocycles. The first-order valence-electron chi connectivity index (χ1n) is 9.47. The van der Waals surface area contributed by atoms with Gasteiger partial charge in [-0.05, 0) is 51.0 Å². The monoisotopic (exact) mass is 407 g/mol. The van der Waals surface area contributed by atoms with Crippen molar-refractivity contribution >= 4 is 29.1 Å². The lowest BCUT2D eigenvalue weighted by Gasteiger charge is -2.14. The van der Waals surface area contributed by atoms with Crippen molar-refractivity contribution < 1.29 is 9.59 Å². The summed E-state index contributed by atoms with van der Waals surface area (Å²) in [5.74, 6) is 0.505. The van der Waals surface area contributed by atoms with Crippen LogP contribution in [-0.4, -0.2) is 36.7 Å². The number of aromatic nitrogens is 4. The van der Waals surface area contributed by atoms with Crippen LogP contribution in [0.25, 0.3) is 11.4 Å². The average molecular weight is 407 g/mol. The Morgan fingerprint density at radius 2 is 1.97 bits per heavy atom. The van der Waals surface area contributed by atoms with E-state index in [4.69, 9.17) is 0 Å². The number of para-hydroxylation sites is 1. The fourth-order valence-electron chi connectivity index (χ4n) is 3.06. The lowest BCUT2D eigenvalue weighted by Crippen LogP contribution is -2.24. The predicted octanol–water partition coefficient (Wildman–Crippen LogP) is 4.00. The zero-order chi connectivity index (χ0) is 20.4. The maximum absolute atomic E-state index is 12.8. The molecule has 7 nitrogen and oxygen atoms in total. The van der Waals surface area contributed by atoms with Crippen LogP contribution in [-0.2, 0) is 4.79 Å². The second-order valence-electron chi connectivity index (χ2n) is 7.00. The Morgan fingerprint density at radius 3 is 2.66 bits per heavy atom. The molecular weight excluding hydrogens is 386 g/mol. The summed E-state index contributed by atoms with van der Waals surface area (Å²) < 4.78 is 2.11. The topological polar surface area (TPSA) is 89.8 Å². The van der Waals surface area contributed by atoms with E-state index in [1.165, 1.54) is 18.7 Å². The maximum Gasteiger partial charge on any atom is 0.237 e. The van der Waals surface area contributed by atoms with Crippen LogP contribution in [0.15, 0.2) is 53.9 Å². The molecule has 1 saturated carbocycles. The molecule has 1 aromatic carbocycles. The summed E-state index contributed by atoms with van der Waals surface area (Å²) in [7, 11) is 0. The number of benzene rings is 1. The van der Waals surface area contributed by atoms with Crippen molar-refractivity contribution in [3.63, 3.8) is 0 Å². The molecular formula is C21H21N5O2S. The molecule has 0 spiro atoms. The second-order valence-corrected chi connectivity index (χ2v) is 8.31. The number of anilines is 1. The molecule has 2 heterocycles. The molecule has 29 heavy (non-hydrogen) atoms. The van der Waals surface area contributed by atoms with Gasteiger partial charge >= 0.3 is 0 Å². The third kappa shape index (κ3) is 4.22. The van der Waals surface area contributed by atoms with Crippen molar-refractivity contribution in [3.05, 3.63) is 54.4 Å².